The van der Waals surface area contributed by atoms with E-state index >= 15 is 0 Å². The van der Waals surface area contributed by atoms with Gasteiger partial charge >= 0.3 is 0 Å². The number of fused-ring (bicyclic) bond motifs is 2. The number of aromatic amines is 1. The SMILES string of the molecule is C1=CCNC(C2NN3CCCC3=C2c2ncnc3[nH]ccc23)=C1. The highest BCUT2D eigenvalue weighted by atomic mass is 15.6. The third-order valence-corrected chi connectivity index (χ3v) is 4.76. The van der Waals surface area contributed by atoms with Gasteiger partial charge in [0.05, 0.1) is 11.7 Å². The second-order valence-corrected chi connectivity index (χ2v) is 6.07. The van der Waals surface area contributed by atoms with E-state index in [0.29, 0.717) is 0 Å². The van der Waals surface area contributed by atoms with Crippen LogP contribution >= 0.6 is 0 Å². The second-order valence-electron chi connectivity index (χ2n) is 6.07. The van der Waals surface area contributed by atoms with Crippen LogP contribution in [0.25, 0.3) is 16.6 Å². The summed E-state index contributed by atoms with van der Waals surface area (Å²) in [7, 11) is 0. The molecule has 116 valence electrons. The fourth-order valence-corrected chi connectivity index (χ4v) is 3.74. The fourth-order valence-electron chi connectivity index (χ4n) is 3.74. The lowest BCUT2D eigenvalue weighted by molar-refractivity contribution is 0.295. The van der Waals surface area contributed by atoms with Crippen LogP contribution < -0.4 is 10.7 Å². The molecule has 0 bridgehead atoms. The van der Waals surface area contributed by atoms with Crippen molar-refractivity contribution in [1.82, 2.24) is 30.7 Å². The molecule has 23 heavy (non-hydrogen) atoms. The molecule has 6 heteroatoms. The van der Waals surface area contributed by atoms with Crippen molar-refractivity contribution < 1.29 is 0 Å². The van der Waals surface area contributed by atoms with Crippen molar-refractivity contribution in [2.45, 2.75) is 18.9 Å². The van der Waals surface area contributed by atoms with Crippen molar-refractivity contribution in [2.24, 2.45) is 0 Å². The normalized spacial score (nSPS) is 23.4. The molecule has 5 heterocycles. The number of allylic oxidation sites excluding steroid dienone is 3. The third-order valence-electron chi connectivity index (χ3n) is 4.76. The zero-order chi connectivity index (χ0) is 15.2. The molecular formula is C17H18N6. The zero-order valence-electron chi connectivity index (χ0n) is 12.7. The molecule has 0 aliphatic carbocycles. The van der Waals surface area contributed by atoms with Gasteiger partial charge in [-0.3, -0.25) is 0 Å². The molecule has 1 unspecified atom stereocenters. The first-order valence-electron chi connectivity index (χ1n) is 8.07. The molecule has 3 N–H and O–H groups in total. The maximum absolute atomic E-state index is 4.64. The molecule has 6 nitrogen and oxygen atoms in total. The Balaban J connectivity index is 1.70. The Kier molecular flexibility index (Phi) is 2.78. The van der Waals surface area contributed by atoms with Crippen molar-refractivity contribution in [1.29, 1.82) is 0 Å². The molecule has 2 aromatic rings. The van der Waals surface area contributed by atoms with Crippen LogP contribution in [0.4, 0.5) is 0 Å². The van der Waals surface area contributed by atoms with E-state index in [9.17, 15) is 0 Å². The lowest BCUT2D eigenvalue weighted by Crippen LogP contribution is -2.41. The molecular weight excluding hydrogens is 288 g/mol. The highest BCUT2D eigenvalue weighted by Crippen LogP contribution is 2.39. The third kappa shape index (κ3) is 1.91. The first kappa shape index (κ1) is 12.9. The van der Waals surface area contributed by atoms with Crippen molar-refractivity contribution in [3.63, 3.8) is 0 Å². The number of aromatic nitrogens is 3. The van der Waals surface area contributed by atoms with E-state index < -0.39 is 0 Å². The Morgan fingerprint density at radius 1 is 1.26 bits per heavy atom. The van der Waals surface area contributed by atoms with Crippen LogP contribution in [0, 0.1) is 0 Å². The van der Waals surface area contributed by atoms with Gasteiger partial charge < -0.3 is 15.3 Å². The summed E-state index contributed by atoms with van der Waals surface area (Å²) in [6.45, 7) is 1.93. The first-order chi connectivity index (χ1) is 11.4. The van der Waals surface area contributed by atoms with E-state index in [2.05, 4.69) is 55.0 Å². The predicted molar refractivity (Wildman–Crippen MR) is 88.9 cm³/mol. The van der Waals surface area contributed by atoms with Crippen LogP contribution in [0.3, 0.4) is 0 Å². The number of nitrogens with one attached hydrogen (secondary N) is 3. The maximum Gasteiger partial charge on any atom is 0.141 e. The lowest BCUT2D eigenvalue weighted by Gasteiger charge is -2.23. The number of hydrogen-bond donors (Lipinski definition) is 3. The Hall–Kier alpha value is -2.60. The van der Waals surface area contributed by atoms with Crippen LogP contribution in [0.5, 0.6) is 0 Å². The standard InChI is InChI=1S/C17H18N6/c1-2-7-18-12(4-1)16-14(13-5-3-9-23(13)22-16)15-11-6-8-19-17(11)21-10-20-15/h1-2,4,6,8,10,16,18,22H,3,5,7,9H2,(H,19,20,21). The van der Waals surface area contributed by atoms with Crippen LogP contribution in [-0.4, -0.2) is 39.1 Å². The van der Waals surface area contributed by atoms with Crippen molar-refractivity contribution in [3.8, 4) is 0 Å². The first-order valence-corrected chi connectivity index (χ1v) is 8.07. The Morgan fingerprint density at radius 3 is 3.17 bits per heavy atom. The van der Waals surface area contributed by atoms with E-state index in [4.69, 9.17) is 0 Å². The summed E-state index contributed by atoms with van der Waals surface area (Å²) >= 11 is 0. The molecule has 0 amide bonds. The van der Waals surface area contributed by atoms with Gasteiger partial charge in [-0.25, -0.2) is 15.4 Å². The summed E-state index contributed by atoms with van der Waals surface area (Å²) in [5.41, 5.74) is 9.43. The summed E-state index contributed by atoms with van der Waals surface area (Å²) in [5, 5.41) is 6.87. The lowest BCUT2D eigenvalue weighted by atomic mass is 9.96. The van der Waals surface area contributed by atoms with Gasteiger partial charge in [-0.15, -0.1) is 0 Å². The van der Waals surface area contributed by atoms with Crippen molar-refractivity contribution in [3.05, 3.63) is 53.9 Å². The molecule has 5 rings (SSSR count). The largest absolute Gasteiger partial charge is 0.383 e. The van der Waals surface area contributed by atoms with E-state index in [-0.39, 0.29) is 6.04 Å². The number of rotatable bonds is 2. The summed E-state index contributed by atoms with van der Waals surface area (Å²) < 4.78 is 0. The molecule has 2 aromatic heterocycles. The molecule has 0 radical (unpaired) electrons. The number of hydrogen-bond acceptors (Lipinski definition) is 5. The van der Waals surface area contributed by atoms with E-state index in [1.54, 1.807) is 6.33 Å². The van der Waals surface area contributed by atoms with Gasteiger partial charge in [0.1, 0.15) is 12.0 Å². The van der Waals surface area contributed by atoms with Gasteiger partial charge in [0.25, 0.3) is 0 Å². The molecule has 1 saturated heterocycles. The highest BCUT2D eigenvalue weighted by molar-refractivity contribution is 5.91. The Morgan fingerprint density at radius 2 is 2.26 bits per heavy atom. The van der Waals surface area contributed by atoms with Crippen LogP contribution in [0.15, 0.2) is 48.2 Å². The minimum absolute atomic E-state index is 0.128. The van der Waals surface area contributed by atoms with E-state index in [0.717, 1.165) is 36.2 Å². The molecule has 0 spiro atoms. The quantitative estimate of drug-likeness (QED) is 0.788. The topological polar surface area (TPSA) is 68.9 Å². The highest BCUT2D eigenvalue weighted by Gasteiger charge is 2.37. The fraction of sp³-hybridized carbons (Fsp3) is 0.294. The molecule has 1 fully saturated rings. The number of nitrogens with zero attached hydrogens (tertiary/aromatic N) is 3. The average Bonchev–Trinajstić information content (AvgIpc) is 3.30. The predicted octanol–water partition coefficient (Wildman–Crippen LogP) is 1.69. The maximum atomic E-state index is 4.64. The van der Waals surface area contributed by atoms with Crippen molar-refractivity contribution >= 4 is 16.6 Å². The number of dihydropyridines is 1. The molecule has 3 aliphatic heterocycles. The second kappa shape index (κ2) is 4.96. The van der Waals surface area contributed by atoms with Gasteiger partial charge in [-0.1, -0.05) is 12.2 Å². The van der Waals surface area contributed by atoms with Gasteiger partial charge in [-0.05, 0) is 25.0 Å². The molecule has 1 atom stereocenters. The molecule has 3 aliphatic rings. The van der Waals surface area contributed by atoms with Gasteiger partial charge in [0.15, 0.2) is 0 Å². The van der Waals surface area contributed by atoms with Gasteiger partial charge in [0, 0.05) is 41.6 Å². The van der Waals surface area contributed by atoms with Gasteiger partial charge in [-0.2, -0.15) is 0 Å². The Labute approximate surface area is 134 Å². The molecule has 0 aromatic carbocycles. The molecule has 0 saturated carbocycles. The summed E-state index contributed by atoms with van der Waals surface area (Å²) in [5.74, 6) is 0. The van der Waals surface area contributed by atoms with Gasteiger partial charge in [0.2, 0.25) is 0 Å². The summed E-state index contributed by atoms with van der Waals surface area (Å²) in [6, 6.07) is 2.19. The Bertz CT molecular complexity index is 859. The van der Waals surface area contributed by atoms with Crippen LogP contribution in [-0.2, 0) is 0 Å². The smallest absolute Gasteiger partial charge is 0.141 e. The van der Waals surface area contributed by atoms with E-state index in [1.165, 1.54) is 23.4 Å². The van der Waals surface area contributed by atoms with E-state index in [1.807, 2.05) is 6.20 Å². The monoisotopic (exact) mass is 306 g/mol. The number of hydrazine groups is 1. The summed E-state index contributed by atoms with van der Waals surface area (Å²) in [6.07, 6.45) is 12.3. The minimum Gasteiger partial charge on any atom is -0.383 e. The van der Waals surface area contributed by atoms with Crippen molar-refractivity contribution in [2.75, 3.05) is 13.1 Å². The average molecular weight is 306 g/mol. The zero-order valence-corrected chi connectivity index (χ0v) is 12.7. The van der Waals surface area contributed by atoms with Crippen LogP contribution in [0.2, 0.25) is 0 Å². The minimum atomic E-state index is 0.128. The van der Waals surface area contributed by atoms with Crippen LogP contribution in [0.1, 0.15) is 18.5 Å². The number of H-pyrrole nitrogens is 1. The summed E-state index contributed by atoms with van der Waals surface area (Å²) in [4.78, 5) is 12.2.